The van der Waals surface area contributed by atoms with Crippen LogP contribution in [-0.2, 0) is 4.74 Å². The highest BCUT2D eigenvalue weighted by Gasteiger charge is 2.35. The fourth-order valence-corrected chi connectivity index (χ4v) is 3.09. The molecular weight excluding hydrogens is 272 g/mol. The van der Waals surface area contributed by atoms with Crippen molar-refractivity contribution < 1.29 is 14.9 Å². The molecule has 1 aliphatic heterocycles. The van der Waals surface area contributed by atoms with Crippen LogP contribution in [0.3, 0.4) is 0 Å². The number of aliphatic hydroxyl groups excluding tert-OH is 2. The van der Waals surface area contributed by atoms with E-state index in [1.807, 2.05) is 0 Å². The van der Waals surface area contributed by atoms with Crippen molar-refractivity contribution in [2.75, 3.05) is 6.61 Å². The number of aliphatic hydroxyl groups is 2. The minimum Gasteiger partial charge on any atom is -0.394 e. The summed E-state index contributed by atoms with van der Waals surface area (Å²) in [4.78, 5) is 25.8. The number of fused-ring (bicyclic) bond motifs is 1. The molecule has 0 aliphatic carbocycles. The molecule has 0 amide bonds. The molecule has 2 unspecified atom stereocenters. The van der Waals surface area contributed by atoms with Crippen molar-refractivity contribution in [2.24, 2.45) is 0 Å². The van der Waals surface area contributed by atoms with E-state index in [4.69, 9.17) is 9.84 Å². The van der Waals surface area contributed by atoms with Gasteiger partial charge >= 0.3 is 5.69 Å². The Morgan fingerprint density at radius 1 is 1.53 bits per heavy atom. The minimum atomic E-state index is -0.831. The Labute approximate surface area is 110 Å². The van der Waals surface area contributed by atoms with Crippen LogP contribution >= 0.6 is 11.3 Å². The van der Waals surface area contributed by atoms with Gasteiger partial charge in [0.15, 0.2) is 0 Å². The smallest absolute Gasteiger partial charge is 0.331 e. The number of thiophene rings is 1. The van der Waals surface area contributed by atoms with Crippen LogP contribution in [0.5, 0.6) is 0 Å². The maximum Gasteiger partial charge on any atom is 0.331 e. The molecule has 3 N–H and O–H groups in total. The first-order chi connectivity index (χ1) is 9.11. The SMILES string of the molecule is O=c1[nH]c(=O)n([C@H]2CC(O)C(CO)O2)c2ccsc12. The van der Waals surface area contributed by atoms with Gasteiger partial charge in [0, 0.05) is 6.42 Å². The van der Waals surface area contributed by atoms with Gasteiger partial charge in [0.2, 0.25) is 0 Å². The Balaban J connectivity index is 2.14. The Hall–Kier alpha value is -1.48. The summed E-state index contributed by atoms with van der Waals surface area (Å²) >= 11 is 1.23. The molecule has 0 aromatic carbocycles. The van der Waals surface area contributed by atoms with E-state index >= 15 is 0 Å². The van der Waals surface area contributed by atoms with Crippen molar-refractivity contribution in [3.63, 3.8) is 0 Å². The van der Waals surface area contributed by atoms with Crippen molar-refractivity contribution in [3.8, 4) is 0 Å². The largest absolute Gasteiger partial charge is 0.394 e. The van der Waals surface area contributed by atoms with E-state index in [9.17, 15) is 14.7 Å². The van der Waals surface area contributed by atoms with E-state index in [0.29, 0.717) is 10.2 Å². The maximum atomic E-state index is 11.9. The highest BCUT2D eigenvalue weighted by molar-refractivity contribution is 7.17. The van der Waals surface area contributed by atoms with E-state index < -0.39 is 29.7 Å². The molecule has 0 radical (unpaired) electrons. The van der Waals surface area contributed by atoms with Crippen LogP contribution < -0.4 is 11.2 Å². The second-order valence-corrected chi connectivity index (χ2v) is 5.30. The van der Waals surface area contributed by atoms with Crippen LogP contribution in [0.1, 0.15) is 12.6 Å². The summed E-state index contributed by atoms with van der Waals surface area (Å²) in [6.45, 7) is -0.317. The normalized spacial score (nSPS) is 27.2. The number of aromatic nitrogens is 2. The lowest BCUT2D eigenvalue weighted by atomic mass is 10.2. The van der Waals surface area contributed by atoms with Gasteiger partial charge < -0.3 is 14.9 Å². The molecule has 2 aromatic heterocycles. The number of H-pyrrole nitrogens is 1. The first-order valence-electron chi connectivity index (χ1n) is 5.78. The lowest BCUT2D eigenvalue weighted by Crippen LogP contribution is -2.32. The highest BCUT2D eigenvalue weighted by atomic mass is 32.1. The number of rotatable bonds is 2. The van der Waals surface area contributed by atoms with E-state index in [1.165, 1.54) is 15.9 Å². The van der Waals surface area contributed by atoms with Gasteiger partial charge in [-0.25, -0.2) is 4.79 Å². The van der Waals surface area contributed by atoms with Gasteiger partial charge in [-0.2, -0.15) is 0 Å². The first kappa shape index (κ1) is 12.5. The molecule has 1 fully saturated rings. The van der Waals surface area contributed by atoms with Crippen molar-refractivity contribution >= 4 is 21.6 Å². The standard InChI is InChI=1S/C11H12N2O5S/c14-4-7-6(15)3-8(18-7)13-5-1-2-19-9(5)10(16)12-11(13)17/h1-2,6-8,14-15H,3-4H2,(H,12,16,17)/t6?,7?,8-/m1/s1. The molecule has 2 aromatic rings. The molecule has 1 saturated heterocycles. The van der Waals surface area contributed by atoms with Crippen molar-refractivity contribution in [1.29, 1.82) is 0 Å². The van der Waals surface area contributed by atoms with Gasteiger partial charge in [0.1, 0.15) is 17.0 Å². The molecule has 7 nitrogen and oxygen atoms in total. The molecule has 0 saturated carbocycles. The summed E-state index contributed by atoms with van der Waals surface area (Å²) in [6, 6.07) is 1.67. The Morgan fingerprint density at radius 3 is 3.00 bits per heavy atom. The fraction of sp³-hybridized carbons (Fsp3) is 0.455. The Bertz CT molecular complexity index is 718. The average Bonchev–Trinajstić information content (AvgIpc) is 2.96. The van der Waals surface area contributed by atoms with Gasteiger partial charge in [0.05, 0.1) is 18.2 Å². The van der Waals surface area contributed by atoms with E-state index in [0.717, 1.165) is 0 Å². The molecule has 3 rings (SSSR count). The van der Waals surface area contributed by atoms with Gasteiger partial charge in [0.25, 0.3) is 5.56 Å². The van der Waals surface area contributed by atoms with Crippen molar-refractivity contribution in [1.82, 2.24) is 9.55 Å². The number of aromatic amines is 1. The molecule has 102 valence electrons. The zero-order chi connectivity index (χ0) is 13.6. The van der Waals surface area contributed by atoms with Gasteiger partial charge in [-0.3, -0.25) is 14.3 Å². The molecular formula is C11H12N2O5S. The van der Waals surface area contributed by atoms with Crippen LogP contribution in [0, 0.1) is 0 Å². The predicted octanol–water partition coefficient (Wildman–Crippen LogP) is -0.608. The summed E-state index contributed by atoms with van der Waals surface area (Å²) in [5.74, 6) is 0. The summed E-state index contributed by atoms with van der Waals surface area (Å²) in [7, 11) is 0. The fourth-order valence-electron chi connectivity index (χ4n) is 2.31. The molecule has 19 heavy (non-hydrogen) atoms. The number of hydrogen-bond acceptors (Lipinski definition) is 6. The summed E-state index contributed by atoms with van der Waals surface area (Å²) in [5.41, 5.74) is -0.523. The second-order valence-electron chi connectivity index (χ2n) is 4.38. The number of hydrogen-bond donors (Lipinski definition) is 3. The maximum absolute atomic E-state index is 11.9. The quantitative estimate of drug-likeness (QED) is 0.682. The third-order valence-corrected chi connectivity index (χ3v) is 4.12. The molecule has 8 heteroatoms. The zero-order valence-electron chi connectivity index (χ0n) is 9.78. The van der Waals surface area contributed by atoms with E-state index in [-0.39, 0.29) is 13.0 Å². The van der Waals surface area contributed by atoms with Gasteiger partial charge in [-0.1, -0.05) is 0 Å². The van der Waals surface area contributed by atoms with Crippen molar-refractivity contribution in [3.05, 3.63) is 32.3 Å². The Kier molecular flexibility index (Phi) is 3.02. The number of ether oxygens (including phenoxy) is 1. The lowest BCUT2D eigenvalue weighted by Gasteiger charge is -2.15. The van der Waals surface area contributed by atoms with Crippen LogP contribution in [-0.4, -0.2) is 38.6 Å². The van der Waals surface area contributed by atoms with E-state index in [2.05, 4.69) is 4.98 Å². The number of nitrogens with zero attached hydrogens (tertiary/aromatic N) is 1. The number of nitrogens with one attached hydrogen (secondary N) is 1. The minimum absolute atomic E-state index is 0.197. The molecule has 1 aliphatic rings. The molecule has 0 bridgehead atoms. The summed E-state index contributed by atoms with van der Waals surface area (Å²) < 4.78 is 7.20. The van der Waals surface area contributed by atoms with Crippen LogP contribution in [0.15, 0.2) is 21.0 Å². The topological polar surface area (TPSA) is 105 Å². The Morgan fingerprint density at radius 2 is 2.32 bits per heavy atom. The highest BCUT2D eigenvalue weighted by Crippen LogP contribution is 2.30. The van der Waals surface area contributed by atoms with Crippen LogP contribution in [0.4, 0.5) is 0 Å². The zero-order valence-corrected chi connectivity index (χ0v) is 10.6. The third-order valence-electron chi connectivity index (χ3n) is 3.22. The molecule has 3 heterocycles. The summed E-state index contributed by atoms with van der Waals surface area (Å²) in [5, 5.41) is 20.5. The van der Waals surface area contributed by atoms with E-state index in [1.54, 1.807) is 11.4 Å². The molecule has 3 atom stereocenters. The van der Waals surface area contributed by atoms with Gasteiger partial charge in [-0.15, -0.1) is 11.3 Å². The van der Waals surface area contributed by atoms with Crippen LogP contribution in [0.25, 0.3) is 10.2 Å². The monoisotopic (exact) mass is 284 g/mol. The third kappa shape index (κ3) is 1.93. The van der Waals surface area contributed by atoms with Gasteiger partial charge in [-0.05, 0) is 11.4 Å². The average molecular weight is 284 g/mol. The lowest BCUT2D eigenvalue weighted by molar-refractivity contribution is -0.0443. The van der Waals surface area contributed by atoms with Crippen LogP contribution in [0.2, 0.25) is 0 Å². The second kappa shape index (κ2) is 4.57. The summed E-state index contributed by atoms with van der Waals surface area (Å²) in [6.07, 6.45) is -2.03. The first-order valence-corrected chi connectivity index (χ1v) is 6.66. The van der Waals surface area contributed by atoms with Crippen molar-refractivity contribution in [2.45, 2.75) is 24.9 Å². The predicted molar refractivity (Wildman–Crippen MR) is 68.3 cm³/mol. The molecule has 0 spiro atoms.